The van der Waals surface area contributed by atoms with E-state index in [1.54, 1.807) is 30.3 Å². The van der Waals surface area contributed by atoms with Crippen molar-refractivity contribution in [1.82, 2.24) is 0 Å². The van der Waals surface area contributed by atoms with E-state index < -0.39 is 5.91 Å². The molecule has 3 aromatic carbocycles. The number of carbonyl (C=O) groups excluding carboxylic acids is 2. The predicted octanol–water partition coefficient (Wildman–Crippen LogP) is 4.27. The Bertz CT molecular complexity index is 1240. The fraction of sp³-hybridized carbons (Fsp3) is 0.115. The summed E-state index contributed by atoms with van der Waals surface area (Å²) in [5.74, 6) is -0.178. The average Bonchev–Trinajstić information content (AvgIpc) is 2.84. The third kappa shape index (κ3) is 6.61. The number of methoxy groups -OCH3 is 1. The van der Waals surface area contributed by atoms with E-state index in [9.17, 15) is 20.0 Å². The first-order valence-corrected chi connectivity index (χ1v) is 10.3. The van der Waals surface area contributed by atoms with Crippen LogP contribution in [0.4, 0.5) is 11.4 Å². The summed E-state index contributed by atoms with van der Waals surface area (Å²) in [6.07, 6.45) is 1.41. The van der Waals surface area contributed by atoms with E-state index in [2.05, 4.69) is 10.6 Å². The van der Waals surface area contributed by atoms with Gasteiger partial charge in [-0.2, -0.15) is 5.26 Å². The summed E-state index contributed by atoms with van der Waals surface area (Å²) in [5, 5.41) is 24.1. The summed E-state index contributed by atoms with van der Waals surface area (Å²) < 4.78 is 10.9. The number of phenolic OH excluding ortho intramolecular Hbond substituents is 1. The van der Waals surface area contributed by atoms with Crippen molar-refractivity contribution in [3.05, 3.63) is 83.4 Å². The van der Waals surface area contributed by atoms with Gasteiger partial charge >= 0.3 is 0 Å². The second-order valence-electron chi connectivity index (χ2n) is 7.28. The van der Waals surface area contributed by atoms with Gasteiger partial charge in [-0.15, -0.1) is 0 Å². The minimum atomic E-state index is -0.597. The van der Waals surface area contributed by atoms with Gasteiger partial charge in [0.2, 0.25) is 0 Å². The molecule has 0 unspecified atom stereocenters. The Morgan fingerprint density at radius 1 is 0.971 bits per heavy atom. The molecule has 3 N–H and O–H groups in total. The fourth-order valence-corrected chi connectivity index (χ4v) is 2.93. The fourth-order valence-electron chi connectivity index (χ4n) is 2.93. The Labute approximate surface area is 197 Å². The summed E-state index contributed by atoms with van der Waals surface area (Å²) in [6.45, 7) is 1.74. The molecule has 0 aliphatic heterocycles. The number of benzene rings is 3. The Morgan fingerprint density at radius 2 is 1.62 bits per heavy atom. The van der Waals surface area contributed by atoms with Gasteiger partial charge in [0.05, 0.1) is 7.11 Å². The Hall–Kier alpha value is -4.77. The minimum Gasteiger partial charge on any atom is -0.508 e. The van der Waals surface area contributed by atoms with Crippen LogP contribution in [0.1, 0.15) is 11.1 Å². The van der Waals surface area contributed by atoms with Crippen molar-refractivity contribution >= 4 is 29.3 Å². The third-order valence-corrected chi connectivity index (χ3v) is 4.68. The van der Waals surface area contributed by atoms with Crippen LogP contribution >= 0.6 is 0 Å². The first kappa shape index (κ1) is 23.9. The van der Waals surface area contributed by atoms with Gasteiger partial charge in [0.25, 0.3) is 11.8 Å². The summed E-state index contributed by atoms with van der Waals surface area (Å²) in [6, 6.07) is 20.0. The lowest BCUT2D eigenvalue weighted by molar-refractivity contribution is -0.118. The van der Waals surface area contributed by atoms with Crippen LogP contribution in [0, 0.1) is 18.3 Å². The average molecular weight is 457 g/mol. The first-order chi connectivity index (χ1) is 16.4. The molecule has 3 aromatic rings. The topological polar surface area (TPSA) is 121 Å². The van der Waals surface area contributed by atoms with Gasteiger partial charge in [-0.25, -0.2) is 0 Å². The van der Waals surface area contributed by atoms with E-state index in [1.165, 1.54) is 37.5 Å². The normalized spacial score (nSPS) is 10.7. The van der Waals surface area contributed by atoms with Crippen molar-refractivity contribution in [3.8, 4) is 23.3 Å². The number of aryl methyl sites for hydroxylation is 1. The molecule has 0 spiro atoms. The number of hydrogen-bond donors (Lipinski definition) is 3. The summed E-state index contributed by atoms with van der Waals surface area (Å²) >= 11 is 0. The highest BCUT2D eigenvalue weighted by Gasteiger charge is 2.12. The van der Waals surface area contributed by atoms with Crippen LogP contribution in [0.15, 0.2) is 72.3 Å². The second kappa shape index (κ2) is 11.2. The number of carbonyl (C=O) groups is 2. The molecule has 34 heavy (non-hydrogen) atoms. The lowest BCUT2D eigenvalue weighted by Crippen LogP contribution is -2.20. The molecule has 8 nitrogen and oxygen atoms in total. The van der Waals surface area contributed by atoms with E-state index in [1.807, 2.05) is 25.1 Å². The molecule has 0 heterocycles. The van der Waals surface area contributed by atoms with Crippen molar-refractivity contribution in [1.29, 1.82) is 5.26 Å². The molecule has 0 saturated carbocycles. The van der Waals surface area contributed by atoms with Gasteiger partial charge in [0, 0.05) is 11.4 Å². The number of amides is 2. The number of anilines is 2. The molecule has 3 rings (SSSR count). The van der Waals surface area contributed by atoms with Gasteiger partial charge in [0.1, 0.15) is 17.4 Å². The SMILES string of the molecule is COc1cc(/C=C(\C#N)C(=O)Nc2ccc(O)cc2)ccc1OCC(=O)Nc1ccc(C)cc1. The molecule has 0 aliphatic carbocycles. The zero-order valence-corrected chi connectivity index (χ0v) is 18.7. The van der Waals surface area contributed by atoms with Crippen molar-refractivity contribution in [2.45, 2.75) is 6.92 Å². The zero-order valence-electron chi connectivity index (χ0n) is 18.7. The molecule has 0 saturated heterocycles. The third-order valence-electron chi connectivity index (χ3n) is 4.68. The van der Waals surface area contributed by atoms with Gasteiger partial charge in [0.15, 0.2) is 18.1 Å². The molecule has 0 bridgehead atoms. The van der Waals surface area contributed by atoms with Crippen molar-refractivity contribution in [2.24, 2.45) is 0 Å². The van der Waals surface area contributed by atoms with Crippen LogP contribution in [-0.2, 0) is 9.59 Å². The lowest BCUT2D eigenvalue weighted by atomic mass is 10.1. The Balaban J connectivity index is 1.66. The number of hydrogen-bond acceptors (Lipinski definition) is 6. The minimum absolute atomic E-state index is 0.0658. The number of nitriles is 1. The molecule has 0 fully saturated rings. The standard InChI is InChI=1S/C26H23N3O5/c1-17-3-6-20(7-4-17)28-25(31)16-34-23-12-5-18(14-24(23)33-2)13-19(15-27)26(32)29-21-8-10-22(30)11-9-21/h3-14,30H,16H2,1-2H3,(H,28,31)(H,29,32)/b19-13+. The lowest BCUT2D eigenvalue weighted by Gasteiger charge is -2.12. The summed E-state index contributed by atoms with van der Waals surface area (Å²) in [4.78, 5) is 24.6. The molecule has 172 valence electrons. The van der Waals surface area contributed by atoms with Crippen LogP contribution in [0.5, 0.6) is 17.2 Å². The highest BCUT2D eigenvalue weighted by molar-refractivity contribution is 6.09. The molecule has 0 aromatic heterocycles. The van der Waals surface area contributed by atoms with E-state index >= 15 is 0 Å². The number of aromatic hydroxyl groups is 1. The molecule has 0 radical (unpaired) electrons. The van der Waals surface area contributed by atoms with Crippen LogP contribution in [0.25, 0.3) is 6.08 Å². The molecular weight excluding hydrogens is 434 g/mol. The number of phenols is 1. The number of ether oxygens (including phenoxy) is 2. The number of nitrogens with one attached hydrogen (secondary N) is 2. The molecule has 0 aliphatic rings. The van der Waals surface area contributed by atoms with Crippen LogP contribution in [0.2, 0.25) is 0 Å². The maximum atomic E-state index is 12.4. The maximum Gasteiger partial charge on any atom is 0.266 e. The Kier molecular flexibility index (Phi) is 7.87. The second-order valence-corrected chi connectivity index (χ2v) is 7.28. The predicted molar refractivity (Wildman–Crippen MR) is 129 cm³/mol. The largest absolute Gasteiger partial charge is 0.508 e. The van der Waals surface area contributed by atoms with Crippen LogP contribution < -0.4 is 20.1 Å². The molecule has 8 heteroatoms. The molecule has 2 amide bonds. The Morgan fingerprint density at radius 3 is 2.26 bits per heavy atom. The van der Waals surface area contributed by atoms with Crippen LogP contribution in [0.3, 0.4) is 0 Å². The van der Waals surface area contributed by atoms with E-state index in [-0.39, 0.29) is 23.8 Å². The van der Waals surface area contributed by atoms with Crippen molar-refractivity contribution < 1.29 is 24.2 Å². The van der Waals surface area contributed by atoms with Crippen LogP contribution in [-0.4, -0.2) is 30.6 Å². The van der Waals surface area contributed by atoms with Gasteiger partial charge in [-0.1, -0.05) is 23.8 Å². The van der Waals surface area contributed by atoms with E-state index in [4.69, 9.17) is 9.47 Å². The molecular formula is C26H23N3O5. The number of nitrogens with zero attached hydrogens (tertiary/aromatic N) is 1. The van der Waals surface area contributed by atoms with Gasteiger partial charge in [-0.05, 0) is 67.1 Å². The highest BCUT2D eigenvalue weighted by Crippen LogP contribution is 2.29. The number of rotatable bonds is 8. The highest BCUT2D eigenvalue weighted by atomic mass is 16.5. The van der Waals surface area contributed by atoms with E-state index in [0.717, 1.165) is 5.56 Å². The van der Waals surface area contributed by atoms with E-state index in [0.29, 0.717) is 28.4 Å². The smallest absolute Gasteiger partial charge is 0.266 e. The first-order valence-electron chi connectivity index (χ1n) is 10.3. The monoisotopic (exact) mass is 457 g/mol. The van der Waals surface area contributed by atoms with Gasteiger partial charge in [-0.3, -0.25) is 9.59 Å². The maximum absolute atomic E-state index is 12.4. The van der Waals surface area contributed by atoms with Crippen molar-refractivity contribution in [2.75, 3.05) is 24.4 Å². The van der Waals surface area contributed by atoms with Crippen molar-refractivity contribution in [3.63, 3.8) is 0 Å². The zero-order chi connectivity index (χ0) is 24.5. The summed E-state index contributed by atoms with van der Waals surface area (Å²) in [7, 11) is 1.45. The quantitative estimate of drug-likeness (QED) is 0.264. The summed E-state index contributed by atoms with van der Waals surface area (Å²) in [5.41, 5.74) is 2.60. The van der Waals surface area contributed by atoms with Gasteiger partial charge < -0.3 is 25.2 Å². The molecule has 0 atom stereocenters.